The van der Waals surface area contributed by atoms with Crippen molar-refractivity contribution in [1.82, 2.24) is 18.7 Å². The van der Waals surface area contributed by atoms with E-state index in [0.717, 1.165) is 28.5 Å². The van der Waals surface area contributed by atoms with E-state index in [1.165, 1.54) is 0 Å². The zero-order valence-electron chi connectivity index (χ0n) is 16.8. The summed E-state index contributed by atoms with van der Waals surface area (Å²) >= 11 is 0. The average Bonchev–Trinajstić information content (AvgIpc) is 3.21. The van der Waals surface area contributed by atoms with Crippen LogP contribution in [0.3, 0.4) is 0 Å². The molecule has 1 N–H and O–H groups in total. The van der Waals surface area contributed by atoms with Crippen molar-refractivity contribution in [2.24, 2.45) is 0 Å². The van der Waals surface area contributed by atoms with Crippen molar-refractivity contribution < 1.29 is 4.79 Å². The van der Waals surface area contributed by atoms with Gasteiger partial charge in [-0.3, -0.25) is 19.2 Å². The van der Waals surface area contributed by atoms with Crippen LogP contribution in [0.4, 0.5) is 5.95 Å². The van der Waals surface area contributed by atoms with Gasteiger partial charge in [0.05, 0.1) is 22.1 Å². The van der Waals surface area contributed by atoms with Crippen LogP contribution in [0.5, 0.6) is 0 Å². The molecular formula is C22H25N5O2. The van der Waals surface area contributed by atoms with E-state index in [2.05, 4.69) is 10.3 Å². The molecule has 2 heterocycles. The highest BCUT2D eigenvalue weighted by molar-refractivity contribution is 5.91. The third kappa shape index (κ3) is 3.44. The molecule has 1 amide bonds. The number of fused-ring (bicyclic) bond motifs is 2. The van der Waals surface area contributed by atoms with Crippen LogP contribution >= 0.6 is 0 Å². The Morgan fingerprint density at radius 1 is 0.897 bits per heavy atom. The zero-order chi connectivity index (χ0) is 20.4. The monoisotopic (exact) mass is 391 g/mol. The number of anilines is 1. The predicted octanol–water partition coefficient (Wildman–Crippen LogP) is 3.61. The molecule has 0 fully saturated rings. The maximum atomic E-state index is 12.8. The van der Waals surface area contributed by atoms with Gasteiger partial charge in [0.25, 0.3) is 0 Å². The number of imidazole rings is 2. The molecule has 0 aliphatic heterocycles. The van der Waals surface area contributed by atoms with Crippen molar-refractivity contribution in [3.05, 3.63) is 59.0 Å². The van der Waals surface area contributed by atoms with E-state index in [4.69, 9.17) is 0 Å². The standard InChI is InChI=1S/C22H25N5O2/c1-3-14-26-18-11-7-8-12-19(18)27(22(26)29)15-13-20(28)24-21-23-16-9-5-6-10-17(16)25(21)4-2/h5-12H,3-4,13-15H2,1-2H3,(H,23,24,28). The summed E-state index contributed by atoms with van der Waals surface area (Å²) in [4.78, 5) is 30.0. The van der Waals surface area contributed by atoms with Gasteiger partial charge in [-0.05, 0) is 37.6 Å². The smallest absolute Gasteiger partial charge is 0.310 e. The first-order valence-electron chi connectivity index (χ1n) is 10.1. The molecule has 0 radical (unpaired) electrons. The van der Waals surface area contributed by atoms with Crippen LogP contribution in [-0.4, -0.2) is 24.6 Å². The summed E-state index contributed by atoms with van der Waals surface area (Å²) in [6.07, 6.45) is 1.08. The quantitative estimate of drug-likeness (QED) is 0.523. The largest absolute Gasteiger partial charge is 0.329 e. The molecule has 7 nitrogen and oxygen atoms in total. The van der Waals surface area contributed by atoms with Crippen LogP contribution in [0.15, 0.2) is 53.3 Å². The maximum absolute atomic E-state index is 12.8. The van der Waals surface area contributed by atoms with Gasteiger partial charge in [-0.25, -0.2) is 9.78 Å². The first-order chi connectivity index (χ1) is 14.1. The van der Waals surface area contributed by atoms with Crippen LogP contribution in [0.25, 0.3) is 22.1 Å². The fourth-order valence-corrected chi connectivity index (χ4v) is 3.82. The first kappa shape index (κ1) is 19.0. The lowest BCUT2D eigenvalue weighted by Gasteiger charge is -2.08. The fraction of sp³-hybridized carbons (Fsp3) is 0.318. The number of rotatable bonds is 7. The molecule has 4 rings (SSSR count). The number of carbonyl (C=O) groups is 1. The number of carbonyl (C=O) groups excluding carboxylic acids is 1. The number of nitrogens with one attached hydrogen (secondary N) is 1. The molecule has 2 aromatic carbocycles. The SMILES string of the molecule is CCCn1c(=O)n(CCC(=O)Nc2nc3ccccc3n2CC)c2ccccc21. The van der Waals surface area contributed by atoms with Gasteiger partial charge >= 0.3 is 5.69 Å². The summed E-state index contributed by atoms with van der Waals surface area (Å²) in [5.41, 5.74) is 3.54. The first-order valence-corrected chi connectivity index (χ1v) is 10.1. The fourth-order valence-electron chi connectivity index (χ4n) is 3.82. The van der Waals surface area contributed by atoms with Gasteiger partial charge < -0.3 is 4.57 Å². The Labute approximate surface area is 168 Å². The minimum absolute atomic E-state index is 0.0679. The lowest BCUT2D eigenvalue weighted by Crippen LogP contribution is -2.26. The van der Waals surface area contributed by atoms with E-state index < -0.39 is 0 Å². The summed E-state index contributed by atoms with van der Waals surface area (Å²) in [6.45, 7) is 5.77. The second-order valence-electron chi connectivity index (χ2n) is 7.04. The van der Waals surface area contributed by atoms with Crippen molar-refractivity contribution in [2.75, 3.05) is 5.32 Å². The second kappa shape index (κ2) is 7.95. The highest BCUT2D eigenvalue weighted by Crippen LogP contribution is 2.19. The van der Waals surface area contributed by atoms with Gasteiger partial charge in [0.2, 0.25) is 11.9 Å². The summed E-state index contributed by atoms with van der Waals surface area (Å²) in [6, 6.07) is 15.5. The molecule has 7 heteroatoms. The summed E-state index contributed by atoms with van der Waals surface area (Å²) in [7, 11) is 0. The van der Waals surface area contributed by atoms with E-state index in [0.29, 0.717) is 25.6 Å². The maximum Gasteiger partial charge on any atom is 0.329 e. The molecule has 0 atom stereocenters. The number of aryl methyl sites for hydroxylation is 3. The normalized spacial score (nSPS) is 11.4. The Hall–Kier alpha value is -3.35. The Balaban J connectivity index is 1.55. The van der Waals surface area contributed by atoms with Gasteiger partial charge in [-0.1, -0.05) is 31.2 Å². The van der Waals surface area contributed by atoms with E-state index in [1.54, 1.807) is 9.13 Å². The molecule has 29 heavy (non-hydrogen) atoms. The van der Waals surface area contributed by atoms with Crippen LogP contribution in [-0.2, 0) is 24.4 Å². The van der Waals surface area contributed by atoms with Crippen molar-refractivity contribution in [3.8, 4) is 0 Å². The number of aromatic nitrogens is 4. The van der Waals surface area contributed by atoms with Crippen LogP contribution in [0.2, 0.25) is 0 Å². The number of nitrogens with zero attached hydrogens (tertiary/aromatic N) is 4. The number of para-hydroxylation sites is 4. The number of hydrogen-bond acceptors (Lipinski definition) is 3. The van der Waals surface area contributed by atoms with E-state index in [1.807, 2.05) is 66.9 Å². The Morgan fingerprint density at radius 3 is 2.17 bits per heavy atom. The highest BCUT2D eigenvalue weighted by Gasteiger charge is 2.15. The van der Waals surface area contributed by atoms with Crippen LogP contribution < -0.4 is 11.0 Å². The van der Waals surface area contributed by atoms with Crippen LogP contribution in [0.1, 0.15) is 26.7 Å². The third-order valence-corrected chi connectivity index (χ3v) is 5.16. The number of benzene rings is 2. The molecule has 4 aromatic rings. The van der Waals surface area contributed by atoms with Crippen molar-refractivity contribution in [2.45, 2.75) is 46.3 Å². The lowest BCUT2D eigenvalue weighted by atomic mass is 10.3. The predicted molar refractivity (Wildman–Crippen MR) is 115 cm³/mol. The van der Waals surface area contributed by atoms with Gasteiger partial charge in [0, 0.05) is 26.1 Å². The molecule has 150 valence electrons. The summed E-state index contributed by atoms with van der Waals surface area (Å²) in [5.74, 6) is 0.383. The van der Waals surface area contributed by atoms with Crippen molar-refractivity contribution in [3.63, 3.8) is 0 Å². The third-order valence-electron chi connectivity index (χ3n) is 5.16. The van der Waals surface area contributed by atoms with Crippen LogP contribution in [0, 0.1) is 0 Å². The Kier molecular flexibility index (Phi) is 5.20. The molecule has 0 unspecified atom stereocenters. The summed E-state index contributed by atoms with van der Waals surface area (Å²) < 4.78 is 5.45. The molecule has 0 bridgehead atoms. The molecule has 0 saturated carbocycles. The Bertz CT molecular complexity index is 1230. The molecule has 0 saturated heterocycles. The second-order valence-corrected chi connectivity index (χ2v) is 7.04. The number of hydrogen-bond donors (Lipinski definition) is 1. The topological polar surface area (TPSA) is 73.8 Å². The molecular weight excluding hydrogens is 366 g/mol. The van der Waals surface area contributed by atoms with Gasteiger partial charge in [-0.2, -0.15) is 0 Å². The van der Waals surface area contributed by atoms with Crippen molar-refractivity contribution >= 4 is 33.9 Å². The van der Waals surface area contributed by atoms with E-state index >= 15 is 0 Å². The lowest BCUT2D eigenvalue weighted by molar-refractivity contribution is -0.116. The number of amides is 1. The van der Waals surface area contributed by atoms with E-state index in [-0.39, 0.29) is 18.0 Å². The van der Waals surface area contributed by atoms with Gasteiger partial charge in [0.1, 0.15) is 0 Å². The van der Waals surface area contributed by atoms with E-state index in [9.17, 15) is 9.59 Å². The molecule has 0 aliphatic carbocycles. The molecule has 2 aromatic heterocycles. The van der Waals surface area contributed by atoms with Gasteiger partial charge in [-0.15, -0.1) is 0 Å². The highest BCUT2D eigenvalue weighted by atomic mass is 16.2. The molecule has 0 aliphatic rings. The van der Waals surface area contributed by atoms with Gasteiger partial charge in [0.15, 0.2) is 0 Å². The summed E-state index contributed by atoms with van der Waals surface area (Å²) in [5, 5.41) is 2.91. The molecule has 0 spiro atoms. The Morgan fingerprint density at radius 2 is 1.52 bits per heavy atom. The minimum Gasteiger partial charge on any atom is -0.310 e. The minimum atomic E-state index is -0.158. The zero-order valence-corrected chi connectivity index (χ0v) is 16.8. The van der Waals surface area contributed by atoms with Crippen molar-refractivity contribution in [1.29, 1.82) is 0 Å². The average molecular weight is 391 g/mol.